The summed E-state index contributed by atoms with van der Waals surface area (Å²) in [5, 5.41) is 5.47. The Hall–Kier alpha value is -0.450. The van der Waals surface area contributed by atoms with E-state index >= 15 is 0 Å². The van der Waals surface area contributed by atoms with Crippen molar-refractivity contribution in [3.8, 4) is 0 Å². The van der Waals surface area contributed by atoms with Crippen molar-refractivity contribution in [2.24, 2.45) is 5.92 Å². The smallest absolute Gasteiger partial charge is 0.0794 e. The van der Waals surface area contributed by atoms with Gasteiger partial charge in [0.1, 0.15) is 0 Å². The van der Waals surface area contributed by atoms with Gasteiger partial charge in [0.15, 0.2) is 0 Å². The number of nitrogens with one attached hydrogen (secondary N) is 1. The topological polar surface area (TPSA) is 34.1 Å². The minimum atomic E-state index is 0.633. The lowest BCUT2D eigenvalue weighted by atomic mass is 10.1. The van der Waals surface area contributed by atoms with Gasteiger partial charge < -0.3 is 10.1 Å². The van der Waals surface area contributed by atoms with Gasteiger partial charge in [-0.3, -0.25) is 0 Å². The van der Waals surface area contributed by atoms with Crippen molar-refractivity contribution in [1.82, 2.24) is 10.3 Å². The fourth-order valence-electron chi connectivity index (χ4n) is 1.29. The van der Waals surface area contributed by atoms with E-state index in [1.165, 1.54) is 5.69 Å². The molecule has 4 heteroatoms. The van der Waals surface area contributed by atoms with Gasteiger partial charge in [-0.25, -0.2) is 4.98 Å². The molecule has 1 rings (SSSR count). The summed E-state index contributed by atoms with van der Waals surface area (Å²) in [6.07, 6.45) is 1.06. The lowest BCUT2D eigenvalue weighted by Crippen LogP contribution is -2.25. The zero-order chi connectivity index (χ0) is 10.2. The molecule has 1 atom stereocenters. The van der Waals surface area contributed by atoms with E-state index in [-0.39, 0.29) is 0 Å². The Kier molecular flexibility index (Phi) is 5.75. The third-order valence-corrected chi connectivity index (χ3v) is 2.65. The van der Waals surface area contributed by atoms with Crippen LogP contribution in [0.15, 0.2) is 10.9 Å². The number of hydrogen-bond acceptors (Lipinski definition) is 4. The molecule has 1 heterocycles. The number of thiazole rings is 1. The second kappa shape index (κ2) is 6.92. The minimum absolute atomic E-state index is 0.633. The Morgan fingerprint density at radius 2 is 2.50 bits per heavy atom. The van der Waals surface area contributed by atoms with Crippen LogP contribution in [0.2, 0.25) is 0 Å². The molecule has 0 radical (unpaired) electrons. The number of hydrogen-bond donors (Lipinski definition) is 1. The Bertz CT molecular complexity index is 226. The van der Waals surface area contributed by atoms with Crippen LogP contribution in [0.5, 0.6) is 0 Å². The maximum absolute atomic E-state index is 4.96. The number of methoxy groups -OCH3 is 1. The monoisotopic (exact) mass is 214 g/mol. The van der Waals surface area contributed by atoms with E-state index in [2.05, 4.69) is 22.6 Å². The van der Waals surface area contributed by atoms with E-state index in [0.717, 1.165) is 26.1 Å². The van der Waals surface area contributed by atoms with Crippen molar-refractivity contribution in [3.05, 3.63) is 16.6 Å². The van der Waals surface area contributed by atoms with Gasteiger partial charge in [0, 0.05) is 19.0 Å². The quantitative estimate of drug-likeness (QED) is 0.699. The second-order valence-corrected chi connectivity index (χ2v) is 4.20. The highest BCUT2D eigenvalue weighted by atomic mass is 32.1. The highest BCUT2D eigenvalue weighted by molar-refractivity contribution is 7.07. The lowest BCUT2D eigenvalue weighted by molar-refractivity contribution is 0.198. The van der Waals surface area contributed by atoms with Gasteiger partial charge in [-0.1, -0.05) is 6.92 Å². The summed E-state index contributed by atoms with van der Waals surface area (Å²) in [5.41, 5.74) is 3.09. The van der Waals surface area contributed by atoms with E-state index in [0.29, 0.717) is 5.92 Å². The molecule has 1 aromatic heterocycles. The van der Waals surface area contributed by atoms with Crippen molar-refractivity contribution in [2.45, 2.75) is 13.3 Å². The van der Waals surface area contributed by atoms with Crippen molar-refractivity contribution >= 4 is 11.3 Å². The third kappa shape index (κ3) is 4.69. The van der Waals surface area contributed by atoms with Crippen LogP contribution in [-0.4, -0.2) is 31.8 Å². The first kappa shape index (κ1) is 11.6. The number of nitrogens with zero attached hydrogens (tertiary/aromatic N) is 1. The van der Waals surface area contributed by atoms with Crippen LogP contribution < -0.4 is 5.32 Å². The van der Waals surface area contributed by atoms with Gasteiger partial charge in [0.2, 0.25) is 0 Å². The van der Waals surface area contributed by atoms with Crippen LogP contribution in [0.25, 0.3) is 0 Å². The Morgan fingerprint density at radius 3 is 3.14 bits per heavy atom. The van der Waals surface area contributed by atoms with Crippen LogP contribution in [0.3, 0.4) is 0 Å². The molecule has 1 aromatic rings. The lowest BCUT2D eigenvalue weighted by Gasteiger charge is -2.10. The van der Waals surface area contributed by atoms with Crippen molar-refractivity contribution in [2.75, 3.05) is 26.8 Å². The normalized spacial score (nSPS) is 13.0. The zero-order valence-corrected chi connectivity index (χ0v) is 9.64. The molecule has 3 nitrogen and oxygen atoms in total. The Labute approximate surface area is 89.5 Å². The van der Waals surface area contributed by atoms with Crippen molar-refractivity contribution in [1.29, 1.82) is 0 Å². The Balaban J connectivity index is 2.07. The summed E-state index contributed by atoms with van der Waals surface area (Å²) in [6.45, 7) is 4.97. The van der Waals surface area contributed by atoms with Crippen LogP contribution in [-0.2, 0) is 11.2 Å². The molecule has 14 heavy (non-hydrogen) atoms. The molecule has 0 fully saturated rings. The zero-order valence-electron chi connectivity index (χ0n) is 8.82. The first-order valence-electron chi connectivity index (χ1n) is 4.89. The van der Waals surface area contributed by atoms with Gasteiger partial charge in [0.25, 0.3) is 0 Å². The van der Waals surface area contributed by atoms with Gasteiger partial charge >= 0.3 is 0 Å². The Morgan fingerprint density at radius 1 is 1.64 bits per heavy atom. The molecular formula is C10H18N2OS. The summed E-state index contributed by atoms with van der Waals surface area (Å²) >= 11 is 1.66. The predicted octanol–water partition coefficient (Wildman–Crippen LogP) is 1.56. The minimum Gasteiger partial charge on any atom is -0.383 e. The average molecular weight is 214 g/mol. The molecule has 0 saturated carbocycles. The van der Waals surface area contributed by atoms with Crippen molar-refractivity contribution in [3.63, 3.8) is 0 Å². The van der Waals surface area contributed by atoms with Crippen LogP contribution in [0.4, 0.5) is 0 Å². The van der Waals surface area contributed by atoms with E-state index in [1.807, 2.05) is 5.51 Å². The molecule has 0 saturated heterocycles. The van der Waals surface area contributed by atoms with Gasteiger partial charge in [0.05, 0.1) is 17.8 Å². The standard InChI is InChI=1S/C10H18N2OS/c1-9(6-11-3-4-13-2)5-10-7-14-8-12-10/h7-9,11H,3-6H2,1-2H3. The molecular weight excluding hydrogens is 196 g/mol. The maximum atomic E-state index is 4.96. The van der Waals surface area contributed by atoms with Crippen LogP contribution >= 0.6 is 11.3 Å². The summed E-state index contributed by atoms with van der Waals surface area (Å²) < 4.78 is 4.96. The molecule has 0 bridgehead atoms. The van der Waals surface area contributed by atoms with E-state index in [4.69, 9.17) is 4.74 Å². The van der Waals surface area contributed by atoms with Crippen LogP contribution in [0, 0.1) is 5.92 Å². The summed E-state index contributed by atoms with van der Waals surface area (Å²) in [4.78, 5) is 4.27. The first-order valence-corrected chi connectivity index (χ1v) is 5.84. The highest BCUT2D eigenvalue weighted by Gasteiger charge is 2.04. The van der Waals surface area contributed by atoms with E-state index in [1.54, 1.807) is 18.4 Å². The number of rotatable bonds is 7. The molecule has 0 aliphatic rings. The third-order valence-electron chi connectivity index (χ3n) is 2.02. The SMILES string of the molecule is COCCNCC(C)Cc1cscn1. The van der Waals surface area contributed by atoms with E-state index < -0.39 is 0 Å². The van der Waals surface area contributed by atoms with Gasteiger partial charge in [-0.05, 0) is 18.9 Å². The molecule has 1 N–H and O–H groups in total. The largest absolute Gasteiger partial charge is 0.383 e. The van der Waals surface area contributed by atoms with Crippen LogP contribution in [0.1, 0.15) is 12.6 Å². The fourth-order valence-corrected chi connectivity index (χ4v) is 1.86. The van der Waals surface area contributed by atoms with Crippen molar-refractivity contribution < 1.29 is 4.74 Å². The fraction of sp³-hybridized carbons (Fsp3) is 0.700. The molecule has 0 amide bonds. The molecule has 0 spiro atoms. The molecule has 0 aliphatic heterocycles. The highest BCUT2D eigenvalue weighted by Crippen LogP contribution is 2.07. The molecule has 0 aromatic carbocycles. The van der Waals surface area contributed by atoms with E-state index in [9.17, 15) is 0 Å². The number of aromatic nitrogens is 1. The van der Waals surface area contributed by atoms with Gasteiger partial charge in [-0.2, -0.15) is 0 Å². The summed E-state index contributed by atoms with van der Waals surface area (Å²) in [5.74, 6) is 0.633. The molecule has 80 valence electrons. The van der Waals surface area contributed by atoms with Gasteiger partial charge in [-0.15, -0.1) is 11.3 Å². The maximum Gasteiger partial charge on any atom is 0.0794 e. The first-order chi connectivity index (χ1) is 6.83. The summed E-state index contributed by atoms with van der Waals surface area (Å²) in [7, 11) is 1.72. The molecule has 1 unspecified atom stereocenters. The number of ether oxygens (including phenoxy) is 1. The second-order valence-electron chi connectivity index (χ2n) is 3.49. The summed E-state index contributed by atoms with van der Waals surface area (Å²) in [6, 6.07) is 0. The molecule has 0 aliphatic carbocycles. The predicted molar refractivity (Wildman–Crippen MR) is 59.7 cm³/mol. The average Bonchev–Trinajstić information content (AvgIpc) is 2.65.